The Morgan fingerprint density at radius 1 is 1.22 bits per heavy atom. The average molecular weight is 269 g/mol. The van der Waals surface area contributed by atoms with Crippen LogP contribution in [0.4, 0.5) is 0 Å². The molecule has 0 aliphatic heterocycles. The maximum Gasteiger partial charge on any atom is 0.0727 e. The first kappa shape index (κ1) is 15.7. The van der Waals surface area contributed by atoms with Gasteiger partial charge in [0.1, 0.15) is 0 Å². The van der Waals surface area contributed by atoms with Crippen molar-refractivity contribution in [2.75, 3.05) is 13.7 Å². The number of methoxy groups -OCH3 is 1. The first-order valence-electron chi connectivity index (χ1n) is 7.08. The van der Waals surface area contributed by atoms with Crippen molar-refractivity contribution in [3.05, 3.63) is 21.9 Å². The number of likely N-dealkylation sites (N-methyl/N-ethyl adjacent to an activating group) is 1. The average Bonchev–Trinajstić information content (AvgIpc) is 2.83. The van der Waals surface area contributed by atoms with E-state index in [1.165, 1.54) is 16.2 Å². The fourth-order valence-corrected chi connectivity index (χ4v) is 3.32. The molecule has 0 spiro atoms. The molecule has 18 heavy (non-hydrogen) atoms. The number of thiophene rings is 1. The Morgan fingerprint density at radius 2 is 1.94 bits per heavy atom. The van der Waals surface area contributed by atoms with Crippen LogP contribution in [0.1, 0.15) is 43.4 Å². The molecule has 0 saturated heterocycles. The van der Waals surface area contributed by atoms with Gasteiger partial charge in [-0.05, 0) is 37.9 Å². The third-order valence-electron chi connectivity index (χ3n) is 3.28. The number of hydrogen-bond donors (Lipinski definition) is 1. The molecule has 0 aliphatic rings. The van der Waals surface area contributed by atoms with Gasteiger partial charge in [-0.25, -0.2) is 0 Å². The van der Waals surface area contributed by atoms with Crippen LogP contribution in [-0.2, 0) is 17.6 Å². The van der Waals surface area contributed by atoms with Crippen molar-refractivity contribution in [2.24, 2.45) is 0 Å². The normalized spacial score (nSPS) is 14.7. The van der Waals surface area contributed by atoms with Crippen molar-refractivity contribution < 1.29 is 4.74 Å². The lowest BCUT2D eigenvalue weighted by Crippen LogP contribution is -2.42. The van der Waals surface area contributed by atoms with E-state index >= 15 is 0 Å². The molecule has 104 valence electrons. The second-order valence-corrected chi connectivity index (χ2v) is 5.91. The maximum absolute atomic E-state index is 5.65. The van der Waals surface area contributed by atoms with E-state index in [-0.39, 0.29) is 0 Å². The molecule has 0 radical (unpaired) electrons. The molecule has 2 atom stereocenters. The lowest BCUT2D eigenvalue weighted by atomic mass is 10.0. The van der Waals surface area contributed by atoms with Gasteiger partial charge in [0, 0.05) is 22.9 Å². The summed E-state index contributed by atoms with van der Waals surface area (Å²) in [6.45, 7) is 7.60. The van der Waals surface area contributed by atoms with Crippen molar-refractivity contribution in [1.29, 1.82) is 0 Å². The Hall–Kier alpha value is -0.380. The van der Waals surface area contributed by atoms with Crippen LogP contribution in [0.3, 0.4) is 0 Å². The van der Waals surface area contributed by atoms with Crippen molar-refractivity contribution in [2.45, 2.75) is 58.6 Å². The topological polar surface area (TPSA) is 21.3 Å². The summed E-state index contributed by atoms with van der Waals surface area (Å²) in [5.74, 6) is 0. The minimum Gasteiger partial charge on any atom is -0.380 e. The molecule has 1 rings (SSSR count). The van der Waals surface area contributed by atoms with Gasteiger partial charge in [0.15, 0.2) is 0 Å². The Kier molecular flexibility index (Phi) is 7.56. The van der Waals surface area contributed by atoms with Crippen LogP contribution >= 0.6 is 11.3 Å². The second kappa shape index (κ2) is 8.68. The van der Waals surface area contributed by atoms with E-state index in [9.17, 15) is 0 Å². The zero-order valence-electron chi connectivity index (χ0n) is 12.2. The highest BCUT2D eigenvalue weighted by Crippen LogP contribution is 2.20. The summed E-state index contributed by atoms with van der Waals surface area (Å²) in [5, 5.41) is 3.58. The summed E-state index contributed by atoms with van der Waals surface area (Å²) in [6.07, 6.45) is 4.84. The standard InChI is InChI=1S/C15H27NOS/c1-5-8-15(17-4)14(16-7-3)11-13-10-9-12(6-2)18-13/h9-10,14-16H,5-8,11H2,1-4H3. The Labute approximate surface area is 116 Å². The summed E-state index contributed by atoms with van der Waals surface area (Å²) in [5.41, 5.74) is 0. The van der Waals surface area contributed by atoms with Crippen molar-refractivity contribution in [3.8, 4) is 0 Å². The van der Waals surface area contributed by atoms with Gasteiger partial charge in [0.2, 0.25) is 0 Å². The molecule has 2 nitrogen and oxygen atoms in total. The molecule has 3 heteroatoms. The quantitative estimate of drug-likeness (QED) is 0.739. The van der Waals surface area contributed by atoms with Gasteiger partial charge in [-0.15, -0.1) is 11.3 Å². The number of ether oxygens (including phenoxy) is 1. The zero-order valence-corrected chi connectivity index (χ0v) is 13.0. The van der Waals surface area contributed by atoms with Gasteiger partial charge in [0.05, 0.1) is 6.10 Å². The monoisotopic (exact) mass is 269 g/mol. The van der Waals surface area contributed by atoms with E-state index in [1.807, 2.05) is 18.4 Å². The van der Waals surface area contributed by atoms with Crippen LogP contribution in [0.25, 0.3) is 0 Å². The summed E-state index contributed by atoms with van der Waals surface area (Å²) < 4.78 is 5.65. The van der Waals surface area contributed by atoms with E-state index in [0.29, 0.717) is 12.1 Å². The Morgan fingerprint density at radius 3 is 2.44 bits per heavy atom. The Bertz CT molecular complexity index is 324. The smallest absolute Gasteiger partial charge is 0.0727 e. The number of rotatable bonds is 9. The first-order chi connectivity index (χ1) is 8.74. The van der Waals surface area contributed by atoms with Gasteiger partial charge >= 0.3 is 0 Å². The summed E-state index contributed by atoms with van der Waals surface area (Å²) in [4.78, 5) is 2.95. The number of aryl methyl sites for hydroxylation is 1. The minimum absolute atomic E-state index is 0.321. The minimum atomic E-state index is 0.321. The highest BCUT2D eigenvalue weighted by atomic mass is 32.1. The summed E-state index contributed by atoms with van der Waals surface area (Å²) >= 11 is 1.94. The molecule has 2 unspecified atom stereocenters. The number of hydrogen-bond acceptors (Lipinski definition) is 3. The van der Waals surface area contributed by atoms with Gasteiger partial charge in [-0.2, -0.15) is 0 Å². The molecule has 0 aliphatic carbocycles. The molecule has 1 aromatic heterocycles. The van der Waals surface area contributed by atoms with Crippen LogP contribution < -0.4 is 5.32 Å². The third-order valence-corrected chi connectivity index (χ3v) is 4.53. The van der Waals surface area contributed by atoms with Crippen LogP contribution in [0.15, 0.2) is 12.1 Å². The third kappa shape index (κ3) is 4.71. The Balaban J connectivity index is 2.65. The van der Waals surface area contributed by atoms with Gasteiger partial charge in [-0.1, -0.05) is 27.2 Å². The SMILES string of the molecule is CCCC(OC)C(Cc1ccc(CC)s1)NCC. The second-order valence-electron chi connectivity index (χ2n) is 4.65. The number of nitrogens with one attached hydrogen (secondary N) is 1. The van der Waals surface area contributed by atoms with E-state index in [1.54, 1.807) is 0 Å². The molecule has 1 heterocycles. The van der Waals surface area contributed by atoms with Crippen molar-refractivity contribution >= 4 is 11.3 Å². The predicted octanol–water partition coefficient (Wildman–Crippen LogP) is 3.65. The largest absolute Gasteiger partial charge is 0.380 e. The van der Waals surface area contributed by atoms with E-state index in [2.05, 4.69) is 38.2 Å². The van der Waals surface area contributed by atoms with E-state index in [4.69, 9.17) is 4.74 Å². The van der Waals surface area contributed by atoms with Gasteiger partial charge < -0.3 is 10.1 Å². The van der Waals surface area contributed by atoms with Gasteiger partial charge in [-0.3, -0.25) is 0 Å². The molecule has 0 amide bonds. The molecule has 0 fully saturated rings. The van der Waals surface area contributed by atoms with Crippen LogP contribution in [0.5, 0.6) is 0 Å². The molecular formula is C15H27NOS. The highest BCUT2D eigenvalue weighted by Gasteiger charge is 2.20. The lowest BCUT2D eigenvalue weighted by Gasteiger charge is -2.26. The van der Waals surface area contributed by atoms with Crippen LogP contribution in [-0.4, -0.2) is 25.8 Å². The van der Waals surface area contributed by atoms with Crippen LogP contribution in [0, 0.1) is 0 Å². The molecule has 0 saturated carbocycles. The lowest BCUT2D eigenvalue weighted by molar-refractivity contribution is 0.0616. The summed E-state index contributed by atoms with van der Waals surface area (Å²) in [6, 6.07) is 4.96. The molecule has 0 bridgehead atoms. The van der Waals surface area contributed by atoms with E-state index in [0.717, 1.165) is 25.8 Å². The van der Waals surface area contributed by atoms with Crippen molar-refractivity contribution in [1.82, 2.24) is 5.32 Å². The molecule has 0 aromatic carbocycles. The molecule has 1 aromatic rings. The molecular weight excluding hydrogens is 242 g/mol. The van der Waals surface area contributed by atoms with Gasteiger partial charge in [0.25, 0.3) is 0 Å². The molecule has 1 N–H and O–H groups in total. The maximum atomic E-state index is 5.65. The fourth-order valence-electron chi connectivity index (χ4n) is 2.30. The predicted molar refractivity (Wildman–Crippen MR) is 80.6 cm³/mol. The zero-order chi connectivity index (χ0) is 13.4. The van der Waals surface area contributed by atoms with Crippen LogP contribution in [0.2, 0.25) is 0 Å². The highest BCUT2D eigenvalue weighted by molar-refractivity contribution is 7.11. The first-order valence-corrected chi connectivity index (χ1v) is 7.90. The van der Waals surface area contributed by atoms with E-state index < -0.39 is 0 Å². The fraction of sp³-hybridized carbons (Fsp3) is 0.733. The van der Waals surface area contributed by atoms with Crippen molar-refractivity contribution in [3.63, 3.8) is 0 Å². The summed E-state index contributed by atoms with van der Waals surface area (Å²) in [7, 11) is 1.83.